The van der Waals surface area contributed by atoms with Crippen molar-refractivity contribution in [2.75, 3.05) is 10.6 Å². The van der Waals surface area contributed by atoms with Crippen LogP contribution in [0.2, 0.25) is 0 Å². The molecule has 3 nitrogen and oxygen atoms in total. The van der Waals surface area contributed by atoms with E-state index in [9.17, 15) is 9.18 Å². The van der Waals surface area contributed by atoms with E-state index in [0.29, 0.717) is 11.3 Å². The Labute approximate surface area is 117 Å². The van der Waals surface area contributed by atoms with Crippen LogP contribution in [-0.4, -0.2) is 5.91 Å². The first-order valence-electron chi connectivity index (χ1n) is 6.45. The monoisotopic (exact) mass is 272 g/mol. The number of hydrogen-bond donors (Lipinski definition) is 2. The molecular formula is C16H17FN2O. The van der Waals surface area contributed by atoms with E-state index in [2.05, 4.69) is 10.6 Å². The molecule has 0 saturated carbocycles. The van der Waals surface area contributed by atoms with E-state index in [1.54, 1.807) is 18.2 Å². The molecule has 20 heavy (non-hydrogen) atoms. The Balaban J connectivity index is 2.13. The highest BCUT2D eigenvalue weighted by Gasteiger charge is 2.10. The third kappa shape index (κ3) is 3.57. The number of amides is 1. The van der Waals surface area contributed by atoms with Crippen molar-refractivity contribution >= 4 is 17.3 Å². The number of benzene rings is 2. The first kappa shape index (κ1) is 14.1. The van der Waals surface area contributed by atoms with Gasteiger partial charge in [-0.15, -0.1) is 0 Å². The molecular weight excluding hydrogens is 255 g/mol. The van der Waals surface area contributed by atoms with Crippen molar-refractivity contribution in [3.63, 3.8) is 0 Å². The summed E-state index contributed by atoms with van der Waals surface area (Å²) in [5.41, 5.74) is 2.15. The van der Waals surface area contributed by atoms with Crippen LogP contribution in [0.4, 0.5) is 15.8 Å². The summed E-state index contributed by atoms with van der Waals surface area (Å²) >= 11 is 0. The van der Waals surface area contributed by atoms with Crippen molar-refractivity contribution in [1.82, 2.24) is 0 Å². The van der Waals surface area contributed by atoms with Gasteiger partial charge < -0.3 is 10.6 Å². The molecule has 4 heteroatoms. The topological polar surface area (TPSA) is 41.1 Å². The molecule has 0 aromatic heterocycles. The van der Waals surface area contributed by atoms with Gasteiger partial charge in [0.2, 0.25) is 5.91 Å². The Morgan fingerprint density at radius 1 is 1.10 bits per heavy atom. The number of anilines is 2. The molecule has 104 valence electrons. The van der Waals surface area contributed by atoms with Crippen molar-refractivity contribution in [3.05, 3.63) is 59.9 Å². The van der Waals surface area contributed by atoms with Gasteiger partial charge >= 0.3 is 0 Å². The first-order valence-corrected chi connectivity index (χ1v) is 6.45. The fraction of sp³-hybridized carbons (Fsp3) is 0.188. The van der Waals surface area contributed by atoms with Crippen molar-refractivity contribution in [2.45, 2.75) is 19.9 Å². The summed E-state index contributed by atoms with van der Waals surface area (Å²) in [5, 5.41) is 5.94. The molecule has 2 aromatic carbocycles. The molecule has 0 aliphatic heterocycles. The quantitative estimate of drug-likeness (QED) is 0.884. The molecule has 0 spiro atoms. The minimum atomic E-state index is -0.231. The van der Waals surface area contributed by atoms with E-state index < -0.39 is 0 Å². The highest BCUT2D eigenvalue weighted by Crippen LogP contribution is 2.23. The minimum absolute atomic E-state index is 0.121. The maximum absolute atomic E-state index is 13.7. The van der Waals surface area contributed by atoms with Gasteiger partial charge in [-0.25, -0.2) is 4.39 Å². The van der Waals surface area contributed by atoms with E-state index in [1.807, 2.05) is 31.2 Å². The van der Waals surface area contributed by atoms with Crippen LogP contribution in [0.15, 0.2) is 48.5 Å². The van der Waals surface area contributed by atoms with Crippen molar-refractivity contribution in [3.8, 4) is 0 Å². The molecule has 0 radical (unpaired) electrons. The number of hydrogen-bond acceptors (Lipinski definition) is 2. The molecule has 0 aliphatic rings. The van der Waals surface area contributed by atoms with Crippen LogP contribution < -0.4 is 10.6 Å². The number of halogens is 1. The Bertz CT molecular complexity index is 613. The SMILES string of the molecule is CC(=O)Nc1cccc(NC(C)c2ccccc2F)c1. The number of nitrogens with one attached hydrogen (secondary N) is 2. The predicted octanol–water partition coefficient (Wildman–Crippen LogP) is 3.96. The van der Waals surface area contributed by atoms with Crippen molar-refractivity contribution in [2.24, 2.45) is 0 Å². The largest absolute Gasteiger partial charge is 0.378 e. The van der Waals surface area contributed by atoms with Crippen LogP contribution in [0.1, 0.15) is 25.5 Å². The van der Waals surface area contributed by atoms with Gasteiger partial charge in [0.25, 0.3) is 0 Å². The number of carbonyl (C=O) groups excluding carboxylic acids is 1. The Morgan fingerprint density at radius 2 is 1.80 bits per heavy atom. The summed E-state index contributed by atoms with van der Waals surface area (Å²) in [4.78, 5) is 11.0. The van der Waals surface area contributed by atoms with Gasteiger partial charge in [0, 0.05) is 23.9 Å². The third-order valence-corrected chi connectivity index (χ3v) is 2.94. The molecule has 1 unspecified atom stereocenters. The van der Waals surface area contributed by atoms with Gasteiger partial charge in [-0.2, -0.15) is 0 Å². The second-order valence-electron chi connectivity index (χ2n) is 4.65. The van der Waals surface area contributed by atoms with E-state index in [-0.39, 0.29) is 17.8 Å². The lowest BCUT2D eigenvalue weighted by molar-refractivity contribution is -0.114. The highest BCUT2D eigenvalue weighted by molar-refractivity contribution is 5.89. The van der Waals surface area contributed by atoms with Gasteiger partial charge in [-0.05, 0) is 31.2 Å². The summed E-state index contributed by atoms with van der Waals surface area (Å²) in [5.74, 6) is -0.352. The molecule has 0 aliphatic carbocycles. The smallest absolute Gasteiger partial charge is 0.221 e. The normalized spacial score (nSPS) is 11.8. The lowest BCUT2D eigenvalue weighted by atomic mass is 10.1. The average molecular weight is 272 g/mol. The average Bonchev–Trinajstić information content (AvgIpc) is 2.38. The molecule has 0 bridgehead atoms. The maximum atomic E-state index is 13.7. The van der Waals surface area contributed by atoms with Crippen LogP contribution in [0.25, 0.3) is 0 Å². The summed E-state index contributed by atoms with van der Waals surface area (Å²) in [6.45, 7) is 3.35. The lowest BCUT2D eigenvalue weighted by Crippen LogP contribution is -2.09. The zero-order valence-corrected chi connectivity index (χ0v) is 11.5. The molecule has 0 fully saturated rings. The van der Waals surface area contributed by atoms with Gasteiger partial charge in [0.15, 0.2) is 0 Å². The van der Waals surface area contributed by atoms with E-state index in [4.69, 9.17) is 0 Å². The lowest BCUT2D eigenvalue weighted by Gasteiger charge is -2.17. The van der Waals surface area contributed by atoms with Gasteiger partial charge in [-0.3, -0.25) is 4.79 Å². The van der Waals surface area contributed by atoms with Crippen LogP contribution >= 0.6 is 0 Å². The Hall–Kier alpha value is -2.36. The summed E-state index contributed by atoms with van der Waals surface area (Å²) in [6, 6.07) is 13.9. The standard InChI is InChI=1S/C16H17FN2O/c1-11(15-8-3-4-9-16(15)17)18-13-6-5-7-14(10-13)19-12(2)20/h3-11,18H,1-2H3,(H,19,20). The molecule has 0 heterocycles. The van der Waals surface area contributed by atoms with Crippen LogP contribution in [0, 0.1) is 5.82 Å². The molecule has 2 rings (SSSR count). The number of carbonyl (C=O) groups is 1. The second-order valence-corrected chi connectivity index (χ2v) is 4.65. The van der Waals surface area contributed by atoms with Gasteiger partial charge in [-0.1, -0.05) is 24.3 Å². The summed E-state index contributed by atoms with van der Waals surface area (Å²) in [6.07, 6.45) is 0. The van der Waals surface area contributed by atoms with E-state index in [1.165, 1.54) is 13.0 Å². The molecule has 0 saturated heterocycles. The van der Waals surface area contributed by atoms with E-state index >= 15 is 0 Å². The molecule has 1 atom stereocenters. The summed E-state index contributed by atoms with van der Waals surface area (Å²) in [7, 11) is 0. The van der Waals surface area contributed by atoms with Gasteiger partial charge in [0.1, 0.15) is 5.82 Å². The highest BCUT2D eigenvalue weighted by atomic mass is 19.1. The predicted molar refractivity (Wildman–Crippen MR) is 79.2 cm³/mol. The third-order valence-electron chi connectivity index (χ3n) is 2.94. The Morgan fingerprint density at radius 3 is 2.50 bits per heavy atom. The zero-order chi connectivity index (χ0) is 14.5. The fourth-order valence-electron chi connectivity index (χ4n) is 2.04. The van der Waals surface area contributed by atoms with Crippen molar-refractivity contribution < 1.29 is 9.18 Å². The van der Waals surface area contributed by atoms with Crippen LogP contribution in [0.5, 0.6) is 0 Å². The van der Waals surface area contributed by atoms with Crippen LogP contribution in [-0.2, 0) is 4.79 Å². The first-order chi connectivity index (χ1) is 9.56. The zero-order valence-electron chi connectivity index (χ0n) is 11.5. The van der Waals surface area contributed by atoms with Gasteiger partial charge in [0.05, 0.1) is 6.04 Å². The molecule has 2 N–H and O–H groups in total. The number of rotatable bonds is 4. The second kappa shape index (κ2) is 6.19. The molecule has 1 amide bonds. The summed E-state index contributed by atoms with van der Waals surface area (Å²) < 4.78 is 13.7. The fourth-order valence-corrected chi connectivity index (χ4v) is 2.04. The van der Waals surface area contributed by atoms with Crippen LogP contribution in [0.3, 0.4) is 0 Å². The van der Waals surface area contributed by atoms with E-state index in [0.717, 1.165) is 5.69 Å². The molecule has 2 aromatic rings. The Kier molecular flexibility index (Phi) is 4.35. The van der Waals surface area contributed by atoms with Crippen molar-refractivity contribution in [1.29, 1.82) is 0 Å². The minimum Gasteiger partial charge on any atom is -0.378 e. The maximum Gasteiger partial charge on any atom is 0.221 e.